The van der Waals surface area contributed by atoms with Crippen molar-refractivity contribution in [1.29, 1.82) is 0 Å². The minimum absolute atomic E-state index is 0.00347. The summed E-state index contributed by atoms with van der Waals surface area (Å²) in [5.41, 5.74) is 3.97. The van der Waals surface area contributed by atoms with Crippen molar-refractivity contribution in [2.75, 3.05) is 18.2 Å². The highest BCUT2D eigenvalue weighted by atomic mass is 32.2. The summed E-state index contributed by atoms with van der Waals surface area (Å²) in [6.45, 7) is 1.47. The second kappa shape index (κ2) is 10.8. The van der Waals surface area contributed by atoms with E-state index in [0.717, 1.165) is 22.9 Å². The highest BCUT2D eigenvalue weighted by Crippen LogP contribution is 2.29. The first kappa shape index (κ1) is 25.0. The number of methoxy groups -OCH3 is 1. The first-order valence-electron chi connectivity index (χ1n) is 11.8. The number of fused-ring (bicyclic) bond motifs is 1. The molecule has 0 aliphatic rings. The summed E-state index contributed by atoms with van der Waals surface area (Å²) in [5.74, 6) is 0.285. The number of thioether (sulfide) groups is 1. The van der Waals surface area contributed by atoms with E-state index in [1.165, 1.54) is 11.5 Å². The van der Waals surface area contributed by atoms with Gasteiger partial charge in [-0.15, -0.1) is 0 Å². The van der Waals surface area contributed by atoms with Crippen molar-refractivity contribution in [3.63, 3.8) is 0 Å². The highest BCUT2D eigenvalue weighted by molar-refractivity contribution is 7.99. The molecule has 38 heavy (non-hydrogen) atoms. The van der Waals surface area contributed by atoms with Crippen molar-refractivity contribution in [3.05, 3.63) is 101 Å². The lowest BCUT2D eigenvalue weighted by Gasteiger charge is -2.13. The molecule has 0 aliphatic carbocycles. The third-order valence-electron chi connectivity index (χ3n) is 5.97. The van der Waals surface area contributed by atoms with Crippen LogP contribution in [0.1, 0.15) is 17.3 Å². The van der Waals surface area contributed by atoms with Crippen LogP contribution in [0.3, 0.4) is 0 Å². The van der Waals surface area contributed by atoms with Crippen LogP contribution in [0.5, 0.6) is 5.75 Å². The van der Waals surface area contributed by atoms with E-state index < -0.39 is 0 Å². The maximum absolute atomic E-state index is 13.7. The Morgan fingerprint density at radius 2 is 1.79 bits per heavy atom. The number of Topliss-reactive ketones (excluding diaryl/α,β-unsaturated/α-hetero) is 1. The molecule has 9 heteroatoms. The molecule has 1 amide bonds. The zero-order chi connectivity index (χ0) is 26.6. The molecular weight excluding hydrogens is 500 g/mol. The number of ether oxygens (including phenoxy) is 1. The Hall–Kier alpha value is -4.63. The average Bonchev–Trinajstić information content (AvgIpc) is 3.37. The highest BCUT2D eigenvalue weighted by Gasteiger charge is 2.19. The van der Waals surface area contributed by atoms with Crippen LogP contribution in [-0.2, 0) is 4.79 Å². The number of nitrogens with zero attached hydrogens (tertiary/aromatic N) is 2. The van der Waals surface area contributed by atoms with Crippen LogP contribution in [0.25, 0.3) is 27.8 Å². The molecule has 2 heterocycles. The number of aromatic amines is 1. The SMILES string of the molecule is COc1ccc(-n2c(SCC(=O)Nc3cccc(C(C)=O)c3)nc3c(-c4ccccc4)c[nH]c3c2=O)cc1. The van der Waals surface area contributed by atoms with E-state index in [1.54, 1.807) is 61.8 Å². The standard InChI is InChI=1S/C29H24N4O4S/c1-18(34)20-9-6-10-21(15-20)31-25(35)17-38-29-32-26-24(19-7-4-3-5-8-19)16-30-27(26)28(36)33(29)22-11-13-23(37-2)14-12-22/h3-16,30H,17H2,1-2H3,(H,31,35). The molecular formula is C29H24N4O4S. The minimum Gasteiger partial charge on any atom is -0.497 e. The van der Waals surface area contributed by atoms with Gasteiger partial charge in [0.15, 0.2) is 10.9 Å². The van der Waals surface area contributed by atoms with Crippen molar-refractivity contribution in [3.8, 4) is 22.6 Å². The molecule has 0 aliphatic heterocycles. The fourth-order valence-corrected chi connectivity index (χ4v) is 4.88. The Labute approximate surface area is 222 Å². The van der Waals surface area contributed by atoms with Crippen molar-refractivity contribution >= 4 is 40.2 Å². The van der Waals surface area contributed by atoms with E-state index in [1.807, 2.05) is 30.3 Å². The van der Waals surface area contributed by atoms with Gasteiger partial charge in [0.1, 0.15) is 16.8 Å². The molecule has 2 N–H and O–H groups in total. The molecule has 190 valence electrons. The number of carbonyl (C=O) groups is 2. The van der Waals surface area contributed by atoms with Gasteiger partial charge in [0.05, 0.1) is 18.6 Å². The zero-order valence-electron chi connectivity index (χ0n) is 20.7. The molecule has 5 aromatic rings. The number of anilines is 1. The molecule has 0 saturated heterocycles. The number of amides is 1. The number of rotatable bonds is 8. The third-order valence-corrected chi connectivity index (χ3v) is 6.91. The number of aromatic nitrogens is 3. The summed E-state index contributed by atoms with van der Waals surface area (Å²) in [5, 5.41) is 3.19. The number of hydrogen-bond donors (Lipinski definition) is 2. The molecule has 3 aromatic carbocycles. The van der Waals surface area contributed by atoms with Crippen LogP contribution in [0.2, 0.25) is 0 Å². The van der Waals surface area contributed by atoms with Gasteiger partial charge in [0, 0.05) is 23.0 Å². The van der Waals surface area contributed by atoms with E-state index in [9.17, 15) is 14.4 Å². The first-order valence-corrected chi connectivity index (χ1v) is 12.8. The Balaban J connectivity index is 1.52. The van der Waals surface area contributed by atoms with Crippen molar-refractivity contribution in [2.24, 2.45) is 0 Å². The predicted molar refractivity (Wildman–Crippen MR) is 149 cm³/mol. The van der Waals surface area contributed by atoms with E-state index in [4.69, 9.17) is 9.72 Å². The first-order chi connectivity index (χ1) is 18.4. The molecule has 0 atom stereocenters. The topological polar surface area (TPSA) is 106 Å². The monoisotopic (exact) mass is 524 g/mol. The molecule has 8 nitrogen and oxygen atoms in total. The molecule has 2 aromatic heterocycles. The molecule has 0 spiro atoms. The van der Waals surface area contributed by atoms with Gasteiger partial charge in [-0.3, -0.25) is 19.0 Å². The summed E-state index contributed by atoms with van der Waals surface area (Å²) in [4.78, 5) is 46.2. The Morgan fingerprint density at radius 1 is 1.03 bits per heavy atom. The second-order valence-corrected chi connectivity index (χ2v) is 9.44. The summed E-state index contributed by atoms with van der Waals surface area (Å²) < 4.78 is 6.75. The van der Waals surface area contributed by atoms with Crippen LogP contribution in [-0.4, -0.2) is 39.1 Å². The van der Waals surface area contributed by atoms with Crippen molar-refractivity contribution < 1.29 is 14.3 Å². The Bertz CT molecular complexity index is 1690. The van der Waals surface area contributed by atoms with E-state index in [2.05, 4.69) is 10.3 Å². The molecule has 5 rings (SSSR count). The van der Waals surface area contributed by atoms with Gasteiger partial charge < -0.3 is 15.0 Å². The van der Waals surface area contributed by atoms with E-state index in [-0.39, 0.29) is 23.0 Å². The number of carbonyl (C=O) groups excluding carboxylic acids is 2. The van der Waals surface area contributed by atoms with Crippen LogP contribution in [0, 0.1) is 0 Å². The van der Waals surface area contributed by atoms with E-state index in [0.29, 0.717) is 38.9 Å². The quantitative estimate of drug-likeness (QED) is 0.162. The largest absolute Gasteiger partial charge is 0.497 e. The number of hydrogen-bond acceptors (Lipinski definition) is 6. The molecule has 0 bridgehead atoms. The molecule has 0 saturated carbocycles. The van der Waals surface area contributed by atoms with Gasteiger partial charge in [0.2, 0.25) is 5.91 Å². The van der Waals surface area contributed by atoms with Gasteiger partial charge in [-0.25, -0.2) is 4.98 Å². The van der Waals surface area contributed by atoms with Gasteiger partial charge in [-0.1, -0.05) is 54.2 Å². The maximum atomic E-state index is 13.7. The number of ketones is 1. The number of benzene rings is 3. The van der Waals surface area contributed by atoms with Crippen LogP contribution in [0.4, 0.5) is 5.69 Å². The summed E-state index contributed by atoms with van der Waals surface area (Å²) >= 11 is 1.15. The minimum atomic E-state index is -0.288. The molecule has 0 fully saturated rings. The number of H-pyrrole nitrogens is 1. The van der Waals surface area contributed by atoms with E-state index >= 15 is 0 Å². The maximum Gasteiger partial charge on any atom is 0.283 e. The van der Waals surface area contributed by atoms with Crippen LogP contribution in [0.15, 0.2) is 95.0 Å². The van der Waals surface area contributed by atoms with Gasteiger partial charge in [-0.05, 0) is 48.9 Å². The fraction of sp³-hybridized carbons (Fsp3) is 0.103. The van der Waals surface area contributed by atoms with Gasteiger partial charge in [-0.2, -0.15) is 0 Å². The summed E-state index contributed by atoms with van der Waals surface area (Å²) in [7, 11) is 1.57. The van der Waals surface area contributed by atoms with Gasteiger partial charge >= 0.3 is 0 Å². The average molecular weight is 525 g/mol. The third kappa shape index (κ3) is 5.09. The predicted octanol–water partition coefficient (Wildman–Crippen LogP) is 5.32. The molecule has 0 unspecified atom stereocenters. The normalized spacial score (nSPS) is 10.9. The van der Waals surface area contributed by atoms with Crippen molar-refractivity contribution in [1.82, 2.24) is 14.5 Å². The Kier molecular flexibility index (Phi) is 7.10. The lowest BCUT2D eigenvalue weighted by molar-refractivity contribution is -0.113. The van der Waals surface area contributed by atoms with Crippen LogP contribution >= 0.6 is 11.8 Å². The lowest BCUT2D eigenvalue weighted by atomic mass is 10.1. The zero-order valence-corrected chi connectivity index (χ0v) is 21.5. The number of nitrogens with one attached hydrogen (secondary N) is 2. The smallest absolute Gasteiger partial charge is 0.283 e. The summed E-state index contributed by atoms with van der Waals surface area (Å²) in [6.07, 6.45) is 1.77. The second-order valence-electron chi connectivity index (χ2n) is 8.50. The lowest BCUT2D eigenvalue weighted by Crippen LogP contribution is -2.23. The van der Waals surface area contributed by atoms with Gasteiger partial charge in [0.25, 0.3) is 5.56 Å². The van der Waals surface area contributed by atoms with Crippen molar-refractivity contribution in [2.45, 2.75) is 12.1 Å². The molecule has 0 radical (unpaired) electrons. The fourth-order valence-electron chi connectivity index (χ4n) is 4.08. The summed E-state index contributed by atoms with van der Waals surface area (Å²) in [6, 6.07) is 23.5. The Morgan fingerprint density at radius 3 is 2.50 bits per heavy atom. The van der Waals surface area contributed by atoms with Crippen LogP contribution < -0.4 is 15.6 Å².